The number of Topliss-reactive ketones (excluding diaryl/α,β-unsaturated/α-hetero) is 1. The van der Waals surface area contributed by atoms with Gasteiger partial charge in [-0.15, -0.1) is 11.8 Å². The number of esters is 1. The van der Waals surface area contributed by atoms with Gasteiger partial charge in [0.05, 0.1) is 6.42 Å². The van der Waals surface area contributed by atoms with Crippen LogP contribution in [0.3, 0.4) is 0 Å². The third kappa shape index (κ3) is 6.85. The third-order valence-electron chi connectivity index (χ3n) is 4.23. The number of hydrogen-bond acceptors (Lipinski definition) is 5. The van der Waals surface area contributed by atoms with Gasteiger partial charge < -0.3 is 10.1 Å². The van der Waals surface area contributed by atoms with Crippen LogP contribution in [0.25, 0.3) is 0 Å². The van der Waals surface area contributed by atoms with Crippen molar-refractivity contribution in [3.8, 4) is 0 Å². The molecule has 5 nitrogen and oxygen atoms in total. The first-order valence-corrected chi connectivity index (χ1v) is 10.3. The predicted octanol–water partition coefficient (Wildman–Crippen LogP) is 3.93. The van der Waals surface area contributed by atoms with Crippen LogP contribution in [0.4, 0.5) is 0 Å². The van der Waals surface area contributed by atoms with Crippen molar-refractivity contribution in [2.75, 3.05) is 6.26 Å². The lowest BCUT2D eigenvalue weighted by Gasteiger charge is -2.13. The average Bonchev–Trinajstić information content (AvgIpc) is 2.71. The molecule has 0 aromatic heterocycles. The van der Waals surface area contributed by atoms with Crippen molar-refractivity contribution < 1.29 is 19.1 Å². The Morgan fingerprint density at radius 2 is 1.64 bits per heavy atom. The Bertz CT molecular complexity index is 815. The molecule has 1 amide bonds. The third-order valence-corrected chi connectivity index (χ3v) is 4.98. The second-order valence-electron chi connectivity index (χ2n) is 6.49. The summed E-state index contributed by atoms with van der Waals surface area (Å²) >= 11 is 1.60. The van der Waals surface area contributed by atoms with Crippen LogP contribution in [0, 0.1) is 6.92 Å². The van der Waals surface area contributed by atoms with E-state index in [4.69, 9.17) is 4.74 Å². The summed E-state index contributed by atoms with van der Waals surface area (Å²) in [4.78, 5) is 37.3. The highest BCUT2D eigenvalue weighted by Gasteiger charge is 2.18. The van der Waals surface area contributed by atoms with E-state index < -0.39 is 12.1 Å². The molecule has 0 unspecified atom stereocenters. The summed E-state index contributed by atoms with van der Waals surface area (Å²) in [7, 11) is 0. The fraction of sp³-hybridized carbons (Fsp3) is 0.318. The number of ether oxygens (including phenoxy) is 1. The minimum absolute atomic E-state index is 0.0507. The molecular weight excluding hydrogens is 374 g/mol. The lowest BCUT2D eigenvalue weighted by molar-refractivity contribution is -0.154. The standard InChI is InChI=1S/C22H25NO4S/c1-15-4-6-17(7-5-15)14-23-22(26)16(2)27-21(25)13-12-20(24)18-8-10-19(28-3)11-9-18/h4-11,16H,12-14H2,1-3H3,(H,23,26)/t16-/m0/s1. The van der Waals surface area contributed by atoms with Gasteiger partial charge in [-0.2, -0.15) is 0 Å². The second kappa shape index (κ2) is 10.7. The van der Waals surface area contributed by atoms with Crippen LogP contribution in [0.2, 0.25) is 0 Å². The van der Waals surface area contributed by atoms with Gasteiger partial charge in [0.25, 0.3) is 5.91 Å². The van der Waals surface area contributed by atoms with Crippen LogP contribution < -0.4 is 5.32 Å². The number of carbonyl (C=O) groups excluding carboxylic acids is 3. The summed E-state index contributed by atoms with van der Waals surface area (Å²) < 4.78 is 5.14. The highest BCUT2D eigenvalue weighted by Crippen LogP contribution is 2.16. The molecule has 0 heterocycles. The molecule has 0 saturated heterocycles. The van der Waals surface area contributed by atoms with E-state index in [0.29, 0.717) is 12.1 Å². The molecule has 1 atom stereocenters. The molecule has 2 aromatic carbocycles. The smallest absolute Gasteiger partial charge is 0.307 e. The molecule has 0 aliphatic heterocycles. The highest BCUT2D eigenvalue weighted by molar-refractivity contribution is 7.98. The Kier molecular flexibility index (Phi) is 8.26. The topological polar surface area (TPSA) is 72.5 Å². The van der Waals surface area contributed by atoms with Gasteiger partial charge in [0.15, 0.2) is 11.9 Å². The van der Waals surface area contributed by atoms with E-state index in [2.05, 4.69) is 5.32 Å². The molecule has 0 spiro atoms. The predicted molar refractivity (Wildman–Crippen MR) is 110 cm³/mol. The number of thioether (sulfide) groups is 1. The molecule has 0 fully saturated rings. The van der Waals surface area contributed by atoms with Gasteiger partial charge in [0.1, 0.15) is 0 Å². The molecule has 0 saturated carbocycles. The number of benzene rings is 2. The lowest BCUT2D eigenvalue weighted by atomic mass is 10.1. The number of ketones is 1. The minimum Gasteiger partial charge on any atom is -0.453 e. The minimum atomic E-state index is -0.908. The largest absolute Gasteiger partial charge is 0.453 e. The van der Waals surface area contributed by atoms with Crippen molar-refractivity contribution in [2.24, 2.45) is 0 Å². The van der Waals surface area contributed by atoms with E-state index in [1.165, 1.54) is 6.92 Å². The number of hydrogen-bond donors (Lipinski definition) is 1. The van der Waals surface area contributed by atoms with Gasteiger partial charge in [-0.1, -0.05) is 42.0 Å². The van der Waals surface area contributed by atoms with Crippen LogP contribution in [0.1, 0.15) is 41.3 Å². The van der Waals surface area contributed by atoms with Crippen molar-refractivity contribution in [1.29, 1.82) is 0 Å². The summed E-state index contributed by atoms with van der Waals surface area (Å²) in [5.74, 6) is -1.05. The molecule has 1 N–H and O–H groups in total. The molecule has 2 rings (SSSR count). The van der Waals surface area contributed by atoms with Crippen LogP contribution in [-0.2, 0) is 20.9 Å². The Morgan fingerprint density at radius 1 is 1.00 bits per heavy atom. The van der Waals surface area contributed by atoms with E-state index in [0.717, 1.165) is 16.0 Å². The van der Waals surface area contributed by atoms with Crippen molar-refractivity contribution >= 4 is 29.4 Å². The van der Waals surface area contributed by atoms with Gasteiger partial charge in [0.2, 0.25) is 0 Å². The fourth-order valence-electron chi connectivity index (χ4n) is 2.49. The molecule has 148 valence electrons. The zero-order valence-corrected chi connectivity index (χ0v) is 17.2. The first-order valence-electron chi connectivity index (χ1n) is 9.09. The van der Waals surface area contributed by atoms with Crippen molar-refractivity contribution in [3.05, 3.63) is 65.2 Å². The molecule has 0 bridgehead atoms. The van der Waals surface area contributed by atoms with Gasteiger partial charge >= 0.3 is 5.97 Å². The molecular formula is C22H25NO4S. The maximum absolute atomic E-state index is 12.2. The van der Waals surface area contributed by atoms with Crippen molar-refractivity contribution in [1.82, 2.24) is 5.32 Å². The van der Waals surface area contributed by atoms with E-state index >= 15 is 0 Å². The van der Waals surface area contributed by atoms with E-state index in [-0.39, 0.29) is 24.5 Å². The maximum atomic E-state index is 12.2. The van der Waals surface area contributed by atoms with Crippen molar-refractivity contribution in [2.45, 2.75) is 44.2 Å². The number of carbonyl (C=O) groups is 3. The van der Waals surface area contributed by atoms with Gasteiger partial charge in [-0.05, 0) is 37.8 Å². The average molecular weight is 400 g/mol. The Morgan fingerprint density at radius 3 is 2.25 bits per heavy atom. The maximum Gasteiger partial charge on any atom is 0.307 e. The van der Waals surface area contributed by atoms with Crippen LogP contribution in [-0.4, -0.2) is 30.0 Å². The number of amides is 1. The summed E-state index contributed by atoms with van der Waals surface area (Å²) in [6, 6.07) is 15.1. The SMILES string of the molecule is CSc1ccc(C(=O)CCC(=O)O[C@@H](C)C(=O)NCc2ccc(C)cc2)cc1. The van der Waals surface area contributed by atoms with Gasteiger partial charge in [-0.25, -0.2) is 0 Å². The highest BCUT2D eigenvalue weighted by atomic mass is 32.2. The first-order chi connectivity index (χ1) is 13.4. The Labute approximate surface area is 169 Å². The molecule has 6 heteroatoms. The quantitative estimate of drug-likeness (QED) is 0.393. The van der Waals surface area contributed by atoms with Gasteiger partial charge in [0, 0.05) is 23.4 Å². The summed E-state index contributed by atoms with van der Waals surface area (Å²) in [6.45, 7) is 3.88. The monoisotopic (exact) mass is 399 g/mol. The Hall–Kier alpha value is -2.60. The number of nitrogens with one attached hydrogen (secondary N) is 1. The van der Waals surface area contributed by atoms with E-state index in [9.17, 15) is 14.4 Å². The summed E-state index contributed by atoms with van der Waals surface area (Å²) in [5.41, 5.74) is 2.68. The zero-order valence-electron chi connectivity index (χ0n) is 16.4. The molecule has 0 aliphatic carbocycles. The Balaban J connectivity index is 1.73. The number of aryl methyl sites for hydroxylation is 1. The first kappa shape index (κ1) is 21.7. The fourth-order valence-corrected chi connectivity index (χ4v) is 2.89. The van der Waals surface area contributed by atoms with Gasteiger partial charge in [-0.3, -0.25) is 14.4 Å². The number of rotatable bonds is 9. The lowest BCUT2D eigenvalue weighted by Crippen LogP contribution is -2.35. The van der Waals surface area contributed by atoms with Crippen LogP contribution >= 0.6 is 11.8 Å². The van der Waals surface area contributed by atoms with Crippen LogP contribution in [0.15, 0.2) is 53.4 Å². The van der Waals surface area contributed by atoms with Crippen molar-refractivity contribution in [3.63, 3.8) is 0 Å². The summed E-state index contributed by atoms with van der Waals surface area (Å²) in [5, 5.41) is 2.74. The normalized spacial score (nSPS) is 11.5. The summed E-state index contributed by atoms with van der Waals surface area (Å²) in [6.07, 6.45) is 1.05. The van der Waals surface area contributed by atoms with E-state index in [1.807, 2.05) is 49.6 Å². The van der Waals surface area contributed by atoms with E-state index in [1.54, 1.807) is 23.9 Å². The second-order valence-corrected chi connectivity index (χ2v) is 7.37. The molecule has 2 aromatic rings. The molecule has 28 heavy (non-hydrogen) atoms. The van der Waals surface area contributed by atoms with Crippen LogP contribution in [0.5, 0.6) is 0 Å². The molecule has 0 radical (unpaired) electrons. The molecule has 0 aliphatic rings. The zero-order chi connectivity index (χ0) is 20.5.